The fourth-order valence-electron chi connectivity index (χ4n) is 2.68. The van der Waals surface area contributed by atoms with Crippen molar-refractivity contribution in [3.63, 3.8) is 0 Å². The summed E-state index contributed by atoms with van der Waals surface area (Å²) < 4.78 is 40.6. The van der Waals surface area contributed by atoms with Crippen LogP contribution in [0.2, 0.25) is 0 Å². The molecule has 30 heavy (non-hydrogen) atoms. The lowest BCUT2D eigenvalue weighted by atomic mass is 9.87. The lowest BCUT2D eigenvalue weighted by Gasteiger charge is -2.19. The van der Waals surface area contributed by atoms with Crippen molar-refractivity contribution < 1.29 is 21.8 Å². The van der Waals surface area contributed by atoms with Gasteiger partial charge in [0.2, 0.25) is 11.2 Å². The van der Waals surface area contributed by atoms with E-state index in [0.717, 1.165) is 17.4 Å². The monoisotopic (exact) mass is 428 g/mol. The molecule has 3 rings (SSSR count). The zero-order valence-electron chi connectivity index (χ0n) is 17.1. The first-order chi connectivity index (χ1) is 14.1. The van der Waals surface area contributed by atoms with Crippen LogP contribution in [0.1, 0.15) is 37.7 Å². The van der Waals surface area contributed by atoms with Gasteiger partial charge in [-0.15, -0.1) is 0 Å². The Morgan fingerprint density at radius 2 is 1.60 bits per heavy atom. The second-order valence-electron chi connectivity index (χ2n) is 7.84. The lowest BCUT2D eigenvalue weighted by molar-refractivity contribution is 0.257. The topological polar surface area (TPSA) is 82.8 Å². The van der Waals surface area contributed by atoms with Gasteiger partial charge in [0, 0.05) is 6.07 Å². The van der Waals surface area contributed by atoms with E-state index in [1.165, 1.54) is 18.2 Å². The van der Waals surface area contributed by atoms with Crippen molar-refractivity contribution in [2.75, 3.05) is 0 Å². The van der Waals surface area contributed by atoms with Crippen LogP contribution in [0.3, 0.4) is 0 Å². The van der Waals surface area contributed by atoms with Gasteiger partial charge >= 0.3 is 0 Å². The molecule has 1 aromatic heterocycles. The van der Waals surface area contributed by atoms with E-state index in [9.17, 15) is 13.2 Å². The Kier molecular flexibility index (Phi) is 6.43. The van der Waals surface area contributed by atoms with Crippen molar-refractivity contribution in [3.8, 4) is 5.75 Å². The zero-order chi connectivity index (χ0) is 21.8. The summed E-state index contributed by atoms with van der Waals surface area (Å²) in [6.45, 7) is 5.96. The maximum atomic E-state index is 12.4. The molecule has 0 bridgehead atoms. The summed E-state index contributed by atoms with van der Waals surface area (Å²) in [5.41, 5.74) is 1.42. The summed E-state index contributed by atoms with van der Waals surface area (Å²) in [5.74, 6) is 0.130. The highest BCUT2D eigenvalue weighted by atomic mass is 32.2. The molecule has 2 aromatic carbocycles. The van der Waals surface area contributed by atoms with E-state index in [-0.39, 0.29) is 28.4 Å². The number of hydrogen-bond donors (Lipinski definition) is 0. The van der Waals surface area contributed by atoms with Gasteiger partial charge in [-0.05, 0) is 28.7 Å². The van der Waals surface area contributed by atoms with Crippen molar-refractivity contribution in [1.82, 2.24) is 0 Å². The van der Waals surface area contributed by atoms with Gasteiger partial charge < -0.3 is 9.15 Å². The highest BCUT2D eigenvalue weighted by Crippen LogP contribution is 2.24. The molecule has 7 heteroatoms. The van der Waals surface area contributed by atoms with E-state index < -0.39 is 22.2 Å². The standard InChI is InChI=1S/C23H24O6S/c1-23(2,3)18-9-11-20(12-10-18)30(25,26)29-15-19-13-21(24)22(16-27-19)28-14-17-7-5-4-6-8-17/h4-13,16H,14-15H2,1-3H3. The maximum absolute atomic E-state index is 12.4. The molecule has 158 valence electrons. The SMILES string of the molecule is CC(C)(C)c1ccc(S(=O)(=O)OCc2cc(=O)c(OCc3ccccc3)co2)cc1. The predicted molar refractivity (Wildman–Crippen MR) is 113 cm³/mol. The van der Waals surface area contributed by atoms with Gasteiger partial charge in [-0.25, -0.2) is 0 Å². The Morgan fingerprint density at radius 1 is 0.933 bits per heavy atom. The van der Waals surface area contributed by atoms with Crippen molar-refractivity contribution in [1.29, 1.82) is 0 Å². The first-order valence-corrected chi connectivity index (χ1v) is 10.8. The number of benzene rings is 2. The third-order valence-electron chi connectivity index (χ3n) is 4.45. The first-order valence-electron chi connectivity index (χ1n) is 9.43. The minimum absolute atomic E-state index is 0.0423. The number of hydrogen-bond acceptors (Lipinski definition) is 6. The minimum atomic E-state index is -3.98. The van der Waals surface area contributed by atoms with E-state index in [1.54, 1.807) is 12.1 Å². The van der Waals surface area contributed by atoms with Crippen LogP contribution in [0.15, 0.2) is 81.0 Å². The Bertz CT molecular complexity index is 1140. The maximum Gasteiger partial charge on any atom is 0.297 e. The van der Waals surface area contributed by atoms with E-state index in [0.29, 0.717) is 0 Å². The summed E-state index contributed by atoms with van der Waals surface area (Å²) in [7, 11) is -3.98. The van der Waals surface area contributed by atoms with Crippen molar-refractivity contribution >= 4 is 10.1 Å². The van der Waals surface area contributed by atoms with Crippen LogP contribution in [0, 0.1) is 0 Å². The fourth-order valence-corrected chi connectivity index (χ4v) is 3.56. The molecule has 0 saturated carbocycles. The van der Waals surface area contributed by atoms with E-state index in [4.69, 9.17) is 13.3 Å². The van der Waals surface area contributed by atoms with Gasteiger partial charge in [0.1, 0.15) is 25.2 Å². The van der Waals surface area contributed by atoms with Crippen molar-refractivity contribution in [3.05, 3.63) is 94.0 Å². The average Bonchev–Trinajstić information content (AvgIpc) is 2.72. The van der Waals surface area contributed by atoms with Crippen molar-refractivity contribution in [2.24, 2.45) is 0 Å². The van der Waals surface area contributed by atoms with Crippen LogP contribution in [0.25, 0.3) is 0 Å². The van der Waals surface area contributed by atoms with Gasteiger partial charge in [-0.3, -0.25) is 8.98 Å². The van der Waals surface area contributed by atoms with Crippen LogP contribution < -0.4 is 10.2 Å². The van der Waals surface area contributed by atoms with Crippen LogP contribution in [-0.4, -0.2) is 8.42 Å². The molecule has 0 spiro atoms. The van der Waals surface area contributed by atoms with E-state index in [1.807, 2.05) is 51.1 Å². The summed E-state index contributed by atoms with van der Waals surface area (Å²) in [6.07, 6.45) is 1.16. The highest BCUT2D eigenvalue weighted by molar-refractivity contribution is 7.86. The van der Waals surface area contributed by atoms with E-state index in [2.05, 4.69) is 0 Å². The summed E-state index contributed by atoms with van der Waals surface area (Å²) in [5, 5.41) is 0. The zero-order valence-corrected chi connectivity index (χ0v) is 17.9. The van der Waals surface area contributed by atoms with Gasteiger partial charge in [-0.2, -0.15) is 8.42 Å². The molecule has 0 N–H and O–H groups in total. The van der Waals surface area contributed by atoms with Gasteiger partial charge in [0.15, 0.2) is 0 Å². The molecule has 0 aliphatic rings. The molecule has 0 unspecified atom stereocenters. The van der Waals surface area contributed by atoms with Crippen LogP contribution >= 0.6 is 0 Å². The molecule has 0 saturated heterocycles. The Morgan fingerprint density at radius 3 is 2.20 bits per heavy atom. The summed E-state index contributed by atoms with van der Waals surface area (Å²) in [4.78, 5) is 12.2. The Balaban J connectivity index is 1.63. The quantitative estimate of drug-likeness (QED) is 0.518. The Labute approximate surface area is 176 Å². The molecule has 0 amide bonds. The fraction of sp³-hybridized carbons (Fsp3) is 0.261. The number of ether oxygens (including phenoxy) is 1. The van der Waals surface area contributed by atoms with Gasteiger partial charge in [-0.1, -0.05) is 63.2 Å². The summed E-state index contributed by atoms with van der Waals surface area (Å²) in [6, 6.07) is 17.1. The van der Waals surface area contributed by atoms with Crippen molar-refractivity contribution in [2.45, 2.75) is 44.3 Å². The molecule has 0 fully saturated rings. The van der Waals surface area contributed by atoms with Crippen LogP contribution in [-0.2, 0) is 32.9 Å². The molecular formula is C23H24O6S. The molecule has 1 heterocycles. The summed E-state index contributed by atoms with van der Waals surface area (Å²) >= 11 is 0. The normalized spacial score (nSPS) is 12.0. The molecule has 3 aromatic rings. The second kappa shape index (κ2) is 8.85. The average molecular weight is 429 g/mol. The molecule has 0 atom stereocenters. The first kappa shape index (κ1) is 21.8. The van der Waals surface area contributed by atoms with E-state index >= 15 is 0 Å². The van der Waals surface area contributed by atoms with Crippen LogP contribution in [0.5, 0.6) is 5.75 Å². The third kappa shape index (κ3) is 5.58. The molecule has 0 radical (unpaired) electrons. The van der Waals surface area contributed by atoms with Gasteiger partial charge in [0.25, 0.3) is 10.1 Å². The highest BCUT2D eigenvalue weighted by Gasteiger charge is 2.19. The minimum Gasteiger partial charge on any atom is -0.482 e. The third-order valence-corrected chi connectivity index (χ3v) is 5.73. The Hall–Kier alpha value is -2.90. The second-order valence-corrected chi connectivity index (χ2v) is 9.46. The molecule has 6 nitrogen and oxygen atoms in total. The predicted octanol–water partition coefficient (Wildman–Crippen LogP) is 4.42. The van der Waals surface area contributed by atoms with Gasteiger partial charge in [0.05, 0.1) is 4.90 Å². The molecule has 0 aliphatic heterocycles. The number of rotatable bonds is 7. The molecular weight excluding hydrogens is 404 g/mol. The van der Waals surface area contributed by atoms with Crippen LogP contribution in [0.4, 0.5) is 0 Å². The molecule has 0 aliphatic carbocycles. The lowest BCUT2D eigenvalue weighted by Crippen LogP contribution is -2.12. The largest absolute Gasteiger partial charge is 0.482 e. The smallest absolute Gasteiger partial charge is 0.297 e.